The van der Waals surface area contributed by atoms with Gasteiger partial charge in [-0.1, -0.05) is 0 Å². The van der Waals surface area contributed by atoms with E-state index >= 15 is 0 Å². The molecular formula is C14H14ClF2GeN. The van der Waals surface area contributed by atoms with Crippen molar-refractivity contribution in [2.45, 2.75) is 17.3 Å². The van der Waals surface area contributed by atoms with Crippen LogP contribution in [0, 0.1) is 11.6 Å². The van der Waals surface area contributed by atoms with E-state index in [1.165, 1.54) is 12.1 Å². The van der Waals surface area contributed by atoms with E-state index in [9.17, 15) is 8.78 Å². The third kappa shape index (κ3) is 3.15. The van der Waals surface area contributed by atoms with E-state index in [0.29, 0.717) is 0 Å². The van der Waals surface area contributed by atoms with Crippen LogP contribution in [0.25, 0.3) is 11.1 Å². The van der Waals surface area contributed by atoms with Gasteiger partial charge in [-0.05, 0) is 0 Å². The van der Waals surface area contributed by atoms with Crippen molar-refractivity contribution in [3.63, 3.8) is 0 Å². The Hall–Kier alpha value is -0.937. The van der Waals surface area contributed by atoms with Crippen molar-refractivity contribution in [3.05, 3.63) is 47.2 Å². The summed E-state index contributed by atoms with van der Waals surface area (Å²) in [4.78, 5) is 3.63. The van der Waals surface area contributed by atoms with Crippen molar-refractivity contribution in [2.24, 2.45) is 0 Å². The number of nitrogens with zero attached hydrogens (tertiary/aromatic N) is 1. The number of hydrogen-bond acceptors (Lipinski definition) is 1. The Bertz CT molecular complexity index is 623. The first-order valence-corrected chi connectivity index (χ1v) is 13.6. The van der Waals surface area contributed by atoms with Crippen LogP contribution in [0.2, 0.25) is 22.4 Å². The number of aromatic nitrogens is 1. The molecule has 0 aliphatic carbocycles. The molecule has 1 nitrogen and oxygen atoms in total. The van der Waals surface area contributed by atoms with Crippen molar-refractivity contribution in [3.8, 4) is 11.1 Å². The molecule has 0 bridgehead atoms. The van der Waals surface area contributed by atoms with E-state index in [1.807, 2.05) is 6.07 Å². The number of rotatable bonds is 2. The van der Waals surface area contributed by atoms with E-state index < -0.39 is 24.9 Å². The van der Waals surface area contributed by atoms with Gasteiger partial charge in [0.15, 0.2) is 0 Å². The topological polar surface area (TPSA) is 12.9 Å². The molecule has 0 saturated carbocycles. The maximum absolute atomic E-state index is 14.2. The minimum absolute atomic E-state index is 0.144. The van der Waals surface area contributed by atoms with Crippen molar-refractivity contribution < 1.29 is 8.78 Å². The van der Waals surface area contributed by atoms with Crippen LogP contribution in [0.15, 0.2) is 30.5 Å². The van der Waals surface area contributed by atoms with E-state index in [4.69, 9.17) is 11.6 Å². The Kier molecular flexibility index (Phi) is 3.97. The van der Waals surface area contributed by atoms with Gasteiger partial charge < -0.3 is 0 Å². The van der Waals surface area contributed by atoms with Crippen molar-refractivity contribution in [1.29, 1.82) is 0 Å². The molecule has 1 aromatic heterocycles. The molecule has 0 amide bonds. The summed E-state index contributed by atoms with van der Waals surface area (Å²) in [5.41, 5.74) is 0.364. The molecule has 0 saturated heterocycles. The first-order chi connectivity index (χ1) is 8.79. The monoisotopic (exact) mass is 343 g/mol. The second-order valence-electron chi connectivity index (χ2n) is 5.43. The van der Waals surface area contributed by atoms with Crippen LogP contribution in [0.5, 0.6) is 0 Å². The second kappa shape index (κ2) is 5.21. The SMILES string of the molecule is [CH3][Ge]([CH3])([CH3])[c]1ccc(-c2cc(Cl)ncc2F)c(F)c1. The molecule has 0 radical (unpaired) electrons. The summed E-state index contributed by atoms with van der Waals surface area (Å²) in [6.07, 6.45) is 1.01. The summed E-state index contributed by atoms with van der Waals surface area (Å²) < 4.78 is 28.9. The number of pyridine rings is 1. The van der Waals surface area contributed by atoms with Crippen LogP contribution in [0.1, 0.15) is 0 Å². The van der Waals surface area contributed by atoms with E-state index in [-0.39, 0.29) is 16.3 Å². The molecule has 100 valence electrons. The Labute approximate surface area is 119 Å². The molecule has 5 heteroatoms. The molecule has 2 aromatic rings. The summed E-state index contributed by atoms with van der Waals surface area (Å²) in [5, 5.41) is 0.147. The molecule has 0 aliphatic heterocycles. The van der Waals surface area contributed by atoms with Crippen molar-refractivity contribution in [2.75, 3.05) is 0 Å². The molecule has 0 aliphatic rings. The fraction of sp³-hybridized carbons (Fsp3) is 0.214. The molecule has 0 atom stereocenters. The Balaban J connectivity index is 2.55. The zero-order valence-electron chi connectivity index (χ0n) is 11.0. The van der Waals surface area contributed by atoms with Gasteiger partial charge in [0.2, 0.25) is 0 Å². The number of halogens is 3. The van der Waals surface area contributed by atoms with Crippen molar-refractivity contribution >= 4 is 29.3 Å². The molecule has 2 rings (SSSR count). The third-order valence-corrected chi connectivity index (χ3v) is 7.44. The van der Waals surface area contributed by atoms with Crippen LogP contribution in [-0.4, -0.2) is 18.3 Å². The van der Waals surface area contributed by atoms with Gasteiger partial charge in [0.25, 0.3) is 0 Å². The summed E-state index contributed by atoms with van der Waals surface area (Å²) in [6, 6.07) is 6.36. The van der Waals surface area contributed by atoms with Crippen molar-refractivity contribution in [1.82, 2.24) is 4.98 Å². The number of benzene rings is 1. The van der Waals surface area contributed by atoms with Gasteiger partial charge in [-0.2, -0.15) is 0 Å². The van der Waals surface area contributed by atoms with Gasteiger partial charge in [-0.15, -0.1) is 0 Å². The maximum atomic E-state index is 14.2. The summed E-state index contributed by atoms with van der Waals surface area (Å²) in [7, 11) is 0. The van der Waals surface area contributed by atoms with E-state index in [1.54, 1.807) is 6.07 Å². The summed E-state index contributed by atoms with van der Waals surface area (Å²) in [5.74, 6) is 5.54. The molecule has 1 aromatic carbocycles. The third-order valence-electron chi connectivity index (χ3n) is 2.95. The van der Waals surface area contributed by atoms with Crippen LogP contribution in [0.4, 0.5) is 8.78 Å². The van der Waals surface area contributed by atoms with Gasteiger partial charge in [0.05, 0.1) is 0 Å². The van der Waals surface area contributed by atoms with E-state index in [0.717, 1.165) is 10.6 Å². The number of hydrogen-bond donors (Lipinski definition) is 0. The molecule has 0 unspecified atom stereocenters. The standard InChI is InChI=1S/C14H14ClF2GeN/c1-18(2,3)9-4-5-10(12(16)6-9)11-7-14(15)19-8-13(11)17/h4-8H,1-3H3. The van der Waals surface area contributed by atoms with Gasteiger partial charge >= 0.3 is 119 Å². The van der Waals surface area contributed by atoms with Crippen LogP contribution >= 0.6 is 11.6 Å². The molecule has 19 heavy (non-hydrogen) atoms. The molecule has 1 heterocycles. The summed E-state index contributed by atoms with van der Waals surface area (Å²) in [6.45, 7) is 0. The van der Waals surface area contributed by atoms with Gasteiger partial charge in [0.1, 0.15) is 0 Å². The van der Waals surface area contributed by atoms with Crippen LogP contribution < -0.4 is 4.40 Å². The second-order valence-corrected chi connectivity index (χ2v) is 16.5. The van der Waals surface area contributed by atoms with Gasteiger partial charge in [-0.25, -0.2) is 0 Å². The van der Waals surface area contributed by atoms with E-state index in [2.05, 4.69) is 22.3 Å². The molecular weight excluding hydrogens is 328 g/mol. The Morgan fingerprint density at radius 1 is 1.00 bits per heavy atom. The fourth-order valence-corrected chi connectivity index (χ4v) is 4.38. The average molecular weight is 342 g/mol. The minimum atomic E-state index is -2.08. The first-order valence-electron chi connectivity index (χ1n) is 5.90. The summed E-state index contributed by atoms with van der Waals surface area (Å²) >= 11 is 3.65. The normalized spacial score (nSPS) is 11.7. The Morgan fingerprint density at radius 2 is 1.68 bits per heavy atom. The zero-order valence-corrected chi connectivity index (χ0v) is 13.8. The predicted molar refractivity (Wildman–Crippen MR) is 77.6 cm³/mol. The molecule has 0 N–H and O–H groups in total. The van der Waals surface area contributed by atoms with Crippen LogP contribution in [-0.2, 0) is 0 Å². The Morgan fingerprint density at radius 3 is 2.26 bits per heavy atom. The fourth-order valence-electron chi connectivity index (χ4n) is 1.82. The quantitative estimate of drug-likeness (QED) is 0.588. The van der Waals surface area contributed by atoms with Gasteiger partial charge in [0, 0.05) is 0 Å². The molecule has 0 fully saturated rings. The first kappa shape index (κ1) is 14.5. The van der Waals surface area contributed by atoms with Crippen LogP contribution in [0.3, 0.4) is 0 Å². The predicted octanol–water partition coefficient (Wildman–Crippen LogP) is 4.23. The average Bonchev–Trinajstić information content (AvgIpc) is 2.31. The zero-order chi connectivity index (χ0) is 14.2. The molecule has 0 spiro atoms. The van der Waals surface area contributed by atoms with Gasteiger partial charge in [-0.3, -0.25) is 0 Å².